The first-order valence-corrected chi connectivity index (χ1v) is 9.27. The summed E-state index contributed by atoms with van der Waals surface area (Å²) in [6.45, 7) is 6.16. The van der Waals surface area contributed by atoms with Gasteiger partial charge in [-0.1, -0.05) is 54.6 Å². The molecule has 3 aromatic carbocycles. The fourth-order valence-electron chi connectivity index (χ4n) is 3.36. The third-order valence-electron chi connectivity index (χ3n) is 4.80. The highest BCUT2D eigenvalue weighted by Gasteiger charge is 2.33. The van der Waals surface area contributed by atoms with Crippen LogP contribution in [0.5, 0.6) is 5.75 Å². The van der Waals surface area contributed by atoms with Crippen LogP contribution in [0.1, 0.15) is 27.7 Å². The van der Waals surface area contributed by atoms with Crippen LogP contribution in [0.4, 0.5) is 11.4 Å². The Balaban J connectivity index is 1.75. The molecule has 0 saturated heterocycles. The van der Waals surface area contributed by atoms with Crippen LogP contribution in [0.3, 0.4) is 0 Å². The third kappa shape index (κ3) is 3.37. The Hall–Kier alpha value is -3.53. The van der Waals surface area contributed by atoms with Crippen molar-refractivity contribution in [3.8, 4) is 5.75 Å². The summed E-state index contributed by atoms with van der Waals surface area (Å²) in [4.78, 5) is 15.2. The second-order valence-electron chi connectivity index (χ2n) is 6.77. The second kappa shape index (κ2) is 7.61. The van der Waals surface area contributed by atoms with Gasteiger partial charge in [-0.3, -0.25) is 9.69 Å². The van der Waals surface area contributed by atoms with Crippen LogP contribution in [-0.4, -0.2) is 12.5 Å². The topological polar surface area (TPSA) is 41.6 Å². The van der Waals surface area contributed by atoms with E-state index in [4.69, 9.17) is 4.74 Å². The number of nitrogens with zero attached hydrogens (tertiary/aromatic N) is 1. The van der Waals surface area contributed by atoms with Crippen molar-refractivity contribution in [3.05, 3.63) is 102 Å². The molecule has 0 spiro atoms. The van der Waals surface area contributed by atoms with Crippen LogP contribution in [0.2, 0.25) is 0 Å². The minimum atomic E-state index is -0.307. The molecular formula is C24H22N2O2. The van der Waals surface area contributed by atoms with Gasteiger partial charge >= 0.3 is 0 Å². The lowest BCUT2D eigenvalue weighted by Gasteiger charge is -2.38. The number of carbonyl (C=O) groups excluding carboxylic acids is 1. The average Bonchev–Trinajstić information content (AvgIpc) is 2.73. The number of para-hydroxylation sites is 1. The monoisotopic (exact) mass is 370 g/mol. The second-order valence-corrected chi connectivity index (χ2v) is 6.77. The summed E-state index contributed by atoms with van der Waals surface area (Å²) >= 11 is 0. The van der Waals surface area contributed by atoms with Crippen molar-refractivity contribution in [2.45, 2.75) is 13.1 Å². The SMILES string of the molecule is C=CCOc1ccc(C2Nc3ccccc3C(=O)N2c2ccc(C)cc2)cc1. The predicted molar refractivity (Wildman–Crippen MR) is 113 cm³/mol. The molecule has 1 heterocycles. The van der Waals surface area contributed by atoms with Gasteiger partial charge in [-0.25, -0.2) is 0 Å². The van der Waals surface area contributed by atoms with Crippen molar-refractivity contribution in [3.63, 3.8) is 0 Å². The number of hydrogen-bond acceptors (Lipinski definition) is 3. The molecule has 0 aliphatic carbocycles. The number of aryl methyl sites for hydroxylation is 1. The van der Waals surface area contributed by atoms with Crippen LogP contribution in [0.15, 0.2) is 85.5 Å². The Kier molecular flexibility index (Phi) is 4.85. The van der Waals surface area contributed by atoms with E-state index in [-0.39, 0.29) is 12.1 Å². The molecule has 0 radical (unpaired) electrons. The highest BCUT2D eigenvalue weighted by Crippen LogP contribution is 2.37. The molecule has 4 nitrogen and oxygen atoms in total. The lowest BCUT2D eigenvalue weighted by Crippen LogP contribution is -2.43. The molecule has 1 unspecified atom stereocenters. The van der Waals surface area contributed by atoms with E-state index in [1.807, 2.05) is 79.7 Å². The first-order valence-electron chi connectivity index (χ1n) is 9.27. The number of nitrogens with one attached hydrogen (secondary N) is 1. The number of carbonyl (C=O) groups is 1. The highest BCUT2D eigenvalue weighted by molar-refractivity contribution is 6.12. The van der Waals surface area contributed by atoms with Crippen LogP contribution in [-0.2, 0) is 0 Å². The van der Waals surface area contributed by atoms with Gasteiger partial charge in [0.15, 0.2) is 0 Å². The summed E-state index contributed by atoms with van der Waals surface area (Å²) in [5, 5.41) is 3.52. The summed E-state index contributed by atoms with van der Waals surface area (Å²) in [6.07, 6.45) is 1.41. The van der Waals surface area contributed by atoms with E-state index in [9.17, 15) is 4.79 Å². The van der Waals surface area contributed by atoms with Gasteiger partial charge in [0.2, 0.25) is 0 Å². The molecule has 3 aromatic rings. The number of anilines is 2. The standard InChI is InChI=1S/C24H22N2O2/c1-3-16-28-20-14-10-18(11-15-20)23-25-22-7-5-4-6-21(22)24(27)26(23)19-12-8-17(2)9-13-19/h3-15,23,25H,1,16H2,2H3. The van der Waals surface area contributed by atoms with Gasteiger partial charge in [0, 0.05) is 11.4 Å². The van der Waals surface area contributed by atoms with Gasteiger partial charge in [-0.05, 0) is 48.9 Å². The zero-order valence-corrected chi connectivity index (χ0v) is 15.8. The molecule has 1 N–H and O–H groups in total. The molecule has 28 heavy (non-hydrogen) atoms. The fraction of sp³-hybridized carbons (Fsp3) is 0.125. The molecule has 0 saturated carbocycles. The number of ether oxygens (including phenoxy) is 1. The Labute approximate surface area is 165 Å². The van der Waals surface area contributed by atoms with E-state index in [0.29, 0.717) is 12.2 Å². The van der Waals surface area contributed by atoms with Crippen LogP contribution < -0.4 is 15.0 Å². The number of rotatable bonds is 5. The smallest absolute Gasteiger partial charge is 0.262 e. The maximum atomic E-state index is 13.3. The molecule has 0 fully saturated rings. The van der Waals surface area contributed by atoms with Crippen LogP contribution in [0, 0.1) is 6.92 Å². The van der Waals surface area contributed by atoms with Gasteiger partial charge in [0.25, 0.3) is 5.91 Å². The first kappa shape index (κ1) is 17.9. The molecule has 1 amide bonds. The molecule has 140 valence electrons. The summed E-state index contributed by atoms with van der Waals surface area (Å²) in [6, 6.07) is 23.4. The molecule has 0 aromatic heterocycles. The van der Waals surface area contributed by atoms with E-state index >= 15 is 0 Å². The number of fused-ring (bicyclic) bond motifs is 1. The Morgan fingerprint density at radius 2 is 1.75 bits per heavy atom. The lowest BCUT2D eigenvalue weighted by atomic mass is 10.0. The van der Waals surface area contributed by atoms with E-state index in [2.05, 4.69) is 11.9 Å². The van der Waals surface area contributed by atoms with Crippen molar-refractivity contribution in [2.75, 3.05) is 16.8 Å². The van der Waals surface area contributed by atoms with Crippen LogP contribution >= 0.6 is 0 Å². The predicted octanol–water partition coefficient (Wildman–Crippen LogP) is 5.33. The third-order valence-corrected chi connectivity index (χ3v) is 4.80. The quantitative estimate of drug-likeness (QED) is 0.617. The van der Waals surface area contributed by atoms with E-state index in [0.717, 1.165) is 28.3 Å². The van der Waals surface area contributed by atoms with Crippen molar-refractivity contribution in [1.29, 1.82) is 0 Å². The Morgan fingerprint density at radius 3 is 2.46 bits per heavy atom. The average molecular weight is 370 g/mol. The summed E-state index contributed by atoms with van der Waals surface area (Å²) in [5.74, 6) is 0.753. The maximum absolute atomic E-state index is 13.3. The summed E-state index contributed by atoms with van der Waals surface area (Å²) < 4.78 is 5.58. The van der Waals surface area contributed by atoms with Crippen molar-refractivity contribution >= 4 is 17.3 Å². The van der Waals surface area contributed by atoms with Crippen LogP contribution in [0.25, 0.3) is 0 Å². The summed E-state index contributed by atoms with van der Waals surface area (Å²) in [5.41, 5.74) is 4.50. The first-order chi connectivity index (χ1) is 13.7. The van der Waals surface area contributed by atoms with Gasteiger partial charge in [-0.2, -0.15) is 0 Å². The molecular weight excluding hydrogens is 348 g/mol. The number of amides is 1. The van der Waals surface area contributed by atoms with Gasteiger partial charge < -0.3 is 10.1 Å². The lowest BCUT2D eigenvalue weighted by molar-refractivity contribution is 0.0975. The molecule has 0 bridgehead atoms. The zero-order chi connectivity index (χ0) is 19.5. The van der Waals surface area contributed by atoms with E-state index in [1.165, 1.54) is 0 Å². The van der Waals surface area contributed by atoms with Crippen molar-refractivity contribution < 1.29 is 9.53 Å². The minimum absolute atomic E-state index is 0.0183. The Morgan fingerprint density at radius 1 is 1.04 bits per heavy atom. The molecule has 1 aliphatic rings. The van der Waals surface area contributed by atoms with E-state index < -0.39 is 0 Å². The van der Waals surface area contributed by atoms with Gasteiger partial charge in [0.05, 0.1) is 5.56 Å². The maximum Gasteiger partial charge on any atom is 0.262 e. The largest absolute Gasteiger partial charge is 0.490 e. The molecule has 1 atom stereocenters. The molecule has 1 aliphatic heterocycles. The fourth-order valence-corrected chi connectivity index (χ4v) is 3.36. The van der Waals surface area contributed by atoms with Crippen molar-refractivity contribution in [2.24, 2.45) is 0 Å². The Bertz CT molecular complexity index is 994. The molecule has 4 heteroatoms. The summed E-state index contributed by atoms with van der Waals surface area (Å²) in [7, 11) is 0. The number of hydrogen-bond donors (Lipinski definition) is 1. The number of benzene rings is 3. The zero-order valence-electron chi connectivity index (χ0n) is 15.8. The van der Waals surface area contributed by atoms with Gasteiger partial charge in [0.1, 0.15) is 18.5 Å². The van der Waals surface area contributed by atoms with Gasteiger partial charge in [-0.15, -0.1) is 0 Å². The van der Waals surface area contributed by atoms with E-state index in [1.54, 1.807) is 11.0 Å². The normalized spacial score (nSPS) is 15.5. The van der Waals surface area contributed by atoms with Crippen molar-refractivity contribution in [1.82, 2.24) is 0 Å². The molecule has 4 rings (SSSR count). The highest BCUT2D eigenvalue weighted by atomic mass is 16.5. The minimum Gasteiger partial charge on any atom is -0.490 e.